The molecule has 2 aromatic carbocycles. The normalized spacial score (nSPS) is 17.8. The second-order valence-electron chi connectivity index (χ2n) is 6.91. The van der Waals surface area contributed by atoms with Crippen LogP contribution in [0.1, 0.15) is 31.9 Å². The number of rotatable bonds is 3. The van der Waals surface area contributed by atoms with Gasteiger partial charge in [-0.05, 0) is 28.7 Å². The van der Waals surface area contributed by atoms with E-state index in [9.17, 15) is 9.59 Å². The standard InChI is InChI=1S/C20H20N2O2/c1-20(2,3)15-11-9-14(10-12-15)18-17(13-23)19(24)22(21-18)16-7-5-4-6-8-16/h4-13,17H,1-3H3. The van der Waals surface area contributed by atoms with Crippen molar-refractivity contribution in [2.45, 2.75) is 26.2 Å². The Morgan fingerprint density at radius 3 is 2.17 bits per heavy atom. The first kappa shape index (κ1) is 16.1. The lowest BCUT2D eigenvalue weighted by Crippen LogP contribution is -2.28. The monoisotopic (exact) mass is 320 g/mol. The van der Waals surface area contributed by atoms with Crippen LogP contribution >= 0.6 is 0 Å². The van der Waals surface area contributed by atoms with Crippen molar-refractivity contribution < 1.29 is 9.59 Å². The second kappa shape index (κ2) is 6.04. The minimum Gasteiger partial charge on any atom is -0.302 e. The van der Waals surface area contributed by atoms with Gasteiger partial charge >= 0.3 is 0 Å². The average molecular weight is 320 g/mol. The molecule has 1 atom stereocenters. The largest absolute Gasteiger partial charge is 0.302 e. The number of para-hydroxylation sites is 1. The third-order valence-corrected chi connectivity index (χ3v) is 4.16. The molecule has 0 aliphatic carbocycles. The fourth-order valence-corrected chi connectivity index (χ4v) is 2.72. The predicted octanol–water partition coefficient (Wildman–Crippen LogP) is 3.55. The van der Waals surface area contributed by atoms with Crippen LogP contribution in [-0.2, 0) is 15.0 Å². The lowest BCUT2D eigenvalue weighted by Gasteiger charge is -2.19. The van der Waals surface area contributed by atoms with Gasteiger partial charge in [-0.25, -0.2) is 0 Å². The zero-order chi connectivity index (χ0) is 17.3. The Balaban J connectivity index is 1.99. The molecular weight excluding hydrogens is 300 g/mol. The van der Waals surface area contributed by atoms with Crippen molar-refractivity contribution in [1.82, 2.24) is 0 Å². The van der Waals surface area contributed by atoms with Crippen LogP contribution in [-0.4, -0.2) is 17.9 Å². The molecule has 122 valence electrons. The summed E-state index contributed by atoms with van der Waals surface area (Å²) >= 11 is 0. The molecule has 0 radical (unpaired) electrons. The summed E-state index contributed by atoms with van der Waals surface area (Å²) in [4.78, 5) is 24.0. The third-order valence-electron chi connectivity index (χ3n) is 4.16. The number of benzene rings is 2. The van der Waals surface area contributed by atoms with E-state index in [0.29, 0.717) is 17.7 Å². The number of hydrazone groups is 1. The van der Waals surface area contributed by atoms with Crippen molar-refractivity contribution in [3.63, 3.8) is 0 Å². The molecule has 0 spiro atoms. The molecule has 0 bridgehead atoms. The van der Waals surface area contributed by atoms with Gasteiger partial charge in [0.05, 0.1) is 11.4 Å². The van der Waals surface area contributed by atoms with Gasteiger partial charge in [0.1, 0.15) is 12.2 Å². The summed E-state index contributed by atoms with van der Waals surface area (Å²) in [5.41, 5.74) is 3.20. The maximum atomic E-state index is 12.5. The lowest BCUT2D eigenvalue weighted by atomic mass is 9.86. The van der Waals surface area contributed by atoms with E-state index in [1.165, 1.54) is 10.6 Å². The van der Waals surface area contributed by atoms with Gasteiger partial charge < -0.3 is 4.79 Å². The molecule has 4 nitrogen and oxygen atoms in total. The minimum atomic E-state index is -0.856. The molecule has 0 aromatic heterocycles. The predicted molar refractivity (Wildman–Crippen MR) is 95.2 cm³/mol. The van der Waals surface area contributed by atoms with Crippen LogP contribution in [0.5, 0.6) is 0 Å². The first-order valence-electron chi connectivity index (χ1n) is 7.95. The van der Waals surface area contributed by atoms with E-state index in [-0.39, 0.29) is 11.3 Å². The van der Waals surface area contributed by atoms with E-state index in [1.54, 1.807) is 12.1 Å². The second-order valence-corrected chi connectivity index (χ2v) is 6.91. The summed E-state index contributed by atoms with van der Waals surface area (Å²) in [7, 11) is 0. The molecule has 1 unspecified atom stereocenters. The van der Waals surface area contributed by atoms with Gasteiger partial charge in [-0.3, -0.25) is 4.79 Å². The van der Waals surface area contributed by atoms with Crippen LogP contribution in [0.2, 0.25) is 0 Å². The summed E-state index contributed by atoms with van der Waals surface area (Å²) < 4.78 is 0. The van der Waals surface area contributed by atoms with Crippen LogP contribution in [0.3, 0.4) is 0 Å². The van der Waals surface area contributed by atoms with E-state index >= 15 is 0 Å². The quantitative estimate of drug-likeness (QED) is 0.641. The zero-order valence-electron chi connectivity index (χ0n) is 14.1. The molecule has 0 saturated carbocycles. The Morgan fingerprint density at radius 2 is 1.62 bits per heavy atom. The maximum absolute atomic E-state index is 12.5. The van der Waals surface area contributed by atoms with E-state index in [1.807, 2.05) is 42.5 Å². The molecule has 4 heteroatoms. The Kier molecular flexibility index (Phi) is 4.06. The van der Waals surface area contributed by atoms with Gasteiger partial charge in [-0.1, -0.05) is 63.2 Å². The summed E-state index contributed by atoms with van der Waals surface area (Å²) in [5.74, 6) is -1.17. The van der Waals surface area contributed by atoms with Gasteiger partial charge in [0.15, 0.2) is 0 Å². The van der Waals surface area contributed by atoms with Crippen molar-refractivity contribution in [2.75, 3.05) is 5.01 Å². The number of nitrogens with zero attached hydrogens (tertiary/aromatic N) is 2. The summed E-state index contributed by atoms with van der Waals surface area (Å²) in [6.45, 7) is 6.43. The molecule has 3 rings (SSSR count). The SMILES string of the molecule is CC(C)(C)c1ccc(C2=NN(c3ccccc3)C(=O)C2C=O)cc1. The molecule has 24 heavy (non-hydrogen) atoms. The topological polar surface area (TPSA) is 49.7 Å². The van der Waals surface area contributed by atoms with Crippen LogP contribution in [0.4, 0.5) is 5.69 Å². The van der Waals surface area contributed by atoms with Gasteiger partial charge in [0.2, 0.25) is 0 Å². The van der Waals surface area contributed by atoms with Crippen molar-refractivity contribution in [1.29, 1.82) is 0 Å². The van der Waals surface area contributed by atoms with Crippen LogP contribution < -0.4 is 5.01 Å². The summed E-state index contributed by atoms with van der Waals surface area (Å²) in [6, 6.07) is 17.1. The van der Waals surface area contributed by atoms with Gasteiger partial charge in [-0.2, -0.15) is 10.1 Å². The first-order chi connectivity index (χ1) is 11.4. The van der Waals surface area contributed by atoms with Crippen LogP contribution in [0.25, 0.3) is 0 Å². The minimum absolute atomic E-state index is 0.0476. The molecule has 1 amide bonds. The molecular formula is C20H20N2O2. The number of aldehydes is 1. The van der Waals surface area contributed by atoms with Crippen molar-refractivity contribution in [3.8, 4) is 0 Å². The smallest absolute Gasteiger partial charge is 0.263 e. The highest BCUT2D eigenvalue weighted by Crippen LogP contribution is 2.27. The Bertz CT molecular complexity index is 787. The van der Waals surface area contributed by atoms with E-state index < -0.39 is 5.92 Å². The van der Waals surface area contributed by atoms with E-state index in [2.05, 4.69) is 25.9 Å². The Hall–Kier alpha value is -2.75. The number of hydrogen-bond acceptors (Lipinski definition) is 3. The summed E-state index contributed by atoms with van der Waals surface area (Å²) in [5, 5.41) is 5.73. The zero-order valence-corrected chi connectivity index (χ0v) is 14.1. The van der Waals surface area contributed by atoms with Gasteiger partial charge in [-0.15, -0.1) is 0 Å². The molecule has 1 aliphatic rings. The van der Waals surface area contributed by atoms with E-state index in [0.717, 1.165) is 5.56 Å². The lowest BCUT2D eigenvalue weighted by molar-refractivity contribution is -0.123. The molecule has 0 N–H and O–H groups in total. The highest BCUT2D eigenvalue weighted by molar-refractivity contribution is 6.28. The third kappa shape index (κ3) is 2.87. The highest BCUT2D eigenvalue weighted by Gasteiger charge is 2.37. The molecule has 0 fully saturated rings. The Labute approximate surface area is 141 Å². The van der Waals surface area contributed by atoms with E-state index in [4.69, 9.17) is 0 Å². The number of carbonyl (C=O) groups is 2. The maximum Gasteiger partial charge on any atom is 0.263 e. The number of hydrogen-bond donors (Lipinski definition) is 0. The number of carbonyl (C=O) groups excluding carboxylic acids is 2. The summed E-state index contributed by atoms with van der Waals surface area (Å²) in [6.07, 6.45) is 0.668. The van der Waals surface area contributed by atoms with Crippen molar-refractivity contribution in [2.24, 2.45) is 11.0 Å². The van der Waals surface area contributed by atoms with Gasteiger partial charge in [0, 0.05) is 0 Å². The van der Waals surface area contributed by atoms with Crippen molar-refractivity contribution in [3.05, 3.63) is 65.7 Å². The molecule has 2 aromatic rings. The highest BCUT2D eigenvalue weighted by atomic mass is 16.2. The molecule has 1 aliphatic heterocycles. The fraction of sp³-hybridized carbons (Fsp3) is 0.250. The average Bonchev–Trinajstić information content (AvgIpc) is 2.91. The molecule has 1 heterocycles. The first-order valence-corrected chi connectivity index (χ1v) is 7.95. The van der Waals surface area contributed by atoms with Crippen molar-refractivity contribution >= 4 is 23.6 Å². The number of anilines is 1. The molecule has 0 saturated heterocycles. The van der Waals surface area contributed by atoms with Crippen LogP contribution in [0, 0.1) is 5.92 Å². The number of amides is 1. The Morgan fingerprint density at radius 1 is 1.00 bits per heavy atom. The van der Waals surface area contributed by atoms with Gasteiger partial charge in [0.25, 0.3) is 5.91 Å². The van der Waals surface area contributed by atoms with Crippen LogP contribution in [0.15, 0.2) is 59.7 Å². The fourth-order valence-electron chi connectivity index (χ4n) is 2.72.